The zero-order valence-corrected chi connectivity index (χ0v) is 21.1. The van der Waals surface area contributed by atoms with E-state index >= 15 is 0 Å². The van der Waals surface area contributed by atoms with Gasteiger partial charge >= 0.3 is 0 Å². The molecule has 8 heteroatoms. The third kappa shape index (κ3) is 5.28. The molecule has 3 aromatic rings. The number of piperidine rings is 3. The second kappa shape index (κ2) is 10.8. The van der Waals surface area contributed by atoms with Crippen LogP contribution >= 0.6 is 0 Å². The van der Waals surface area contributed by atoms with Crippen LogP contribution in [0.1, 0.15) is 63.2 Å². The Morgan fingerprint density at radius 1 is 1.08 bits per heavy atom. The number of aromatic amines is 1. The zero-order valence-electron chi connectivity index (χ0n) is 21.1. The van der Waals surface area contributed by atoms with Crippen molar-refractivity contribution in [1.82, 2.24) is 30.5 Å². The fourth-order valence-electron chi connectivity index (χ4n) is 5.60. The quantitative estimate of drug-likeness (QED) is 0.375. The number of fused-ring (bicyclic) bond motifs is 4. The lowest BCUT2D eigenvalue weighted by molar-refractivity contribution is -0.139. The summed E-state index contributed by atoms with van der Waals surface area (Å²) in [5.41, 5.74) is 2.69. The molecule has 3 N–H and O–H groups in total. The van der Waals surface area contributed by atoms with Gasteiger partial charge in [0, 0.05) is 30.6 Å². The van der Waals surface area contributed by atoms with E-state index < -0.39 is 0 Å². The first-order chi connectivity index (χ1) is 17.6. The number of imidazole rings is 1. The Labute approximate surface area is 212 Å². The van der Waals surface area contributed by atoms with Crippen LogP contribution in [0.15, 0.2) is 42.7 Å². The molecular weight excluding hydrogens is 452 g/mol. The van der Waals surface area contributed by atoms with Gasteiger partial charge in [-0.05, 0) is 69.9 Å². The minimum absolute atomic E-state index is 0.0730. The number of nitrogens with zero attached hydrogens (tertiary/aromatic N) is 3. The van der Waals surface area contributed by atoms with Gasteiger partial charge in [0.2, 0.25) is 11.8 Å². The van der Waals surface area contributed by atoms with Crippen LogP contribution in [-0.4, -0.2) is 58.3 Å². The lowest BCUT2D eigenvalue weighted by atomic mass is 9.71. The van der Waals surface area contributed by atoms with Gasteiger partial charge in [0.15, 0.2) is 0 Å². The monoisotopic (exact) mass is 488 g/mol. The highest BCUT2D eigenvalue weighted by Gasteiger charge is 2.45. The molecular formula is C28H36N6O2. The van der Waals surface area contributed by atoms with Gasteiger partial charge in [0.25, 0.3) is 0 Å². The first-order valence-corrected chi connectivity index (χ1v) is 13.2. The molecule has 0 radical (unpaired) electrons. The van der Waals surface area contributed by atoms with Gasteiger partial charge in [-0.2, -0.15) is 0 Å². The van der Waals surface area contributed by atoms with E-state index in [4.69, 9.17) is 4.98 Å². The smallest absolute Gasteiger partial charge is 0.226 e. The highest BCUT2D eigenvalue weighted by Crippen LogP contribution is 2.41. The van der Waals surface area contributed by atoms with Crippen LogP contribution in [0.5, 0.6) is 0 Å². The van der Waals surface area contributed by atoms with Gasteiger partial charge in [0.1, 0.15) is 5.82 Å². The predicted molar refractivity (Wildman–Crippen MR) is 140 cm³/mol. The third-order valence-corrected chi connectivity index (χ3v) is 8.02. The molecule has 2 amide bonds. The van der Waals surface area contributed by atoms with Crippen molar-refractivity contribution in [2.75, 3.05) is 26.7 Å². The number of nitrogens with one attached hydrogen (secondary N) is 3. The summed E-state index contributed by atoms with van der Waals surface area (Å²) in [5, 5.41) is 7.14. The average molecular weight is 489 g/mol. The Hall–Kier alpha value is -3.26. The van der Waals surface area contributed by atoms with Crippen molar-refractivity contribution < 1.29 is 9.59 Å². The van der Waals surface area contributed by atoms with E-state index in [0.717, 1.165) is 92.6 Å². The van der Waals surface area contributed by atoms with Crippen molar-refractivity contribution in [1.29, 1.82) is 0 Å². The number of hydrogen-bond donors (Lipinski definition) is 3. The fourth-order valence-corrected chi connectivity index (χ4v) is 5.60. The molecule has 3 aliphatic heterocycles. The number of benzene rings is 1. The summed E-state index contributed by atoms with van der Waals surface area (Å²) in [7, 11) is 1.67. The molecule has 3 saturated heterocycles. The summed E-state index contributed by atoms with van der Waals surface area (Å²) >= 11 is 0. The van der Waals surface area contributed by atoms with Crippen LogP contribution in [-0.2, 0) is 9.59 Å². The number of hydrogen-bond acceptors (Lipinski definition) is 5. The van der Waals surface area contributed by atoms with Crippen molar-refractivity contribution >= 4 is 22.7 Å². The molecule has 2 aromatic heterocycles. The number of unbranched alkanes of at least 4 members (excludes halogenated alkanes) is 2. The first-order valence-electron chi connectivity index (χ1n) is 13.2. The molecule has 1 atom stereocenters. The zero-order chi connectivity index (χ0) is 25.0. The highest BCUT2D eigenvalue weighted by molar-refractivity contribution is 5.84. The van der Waals surface area contributed by atoms with Crippen molar-refractivity contribution in [2.45, 2.75) is 57.4 Å². The largest absolute Gasteiger partial charge is 0.359 e. The molecule has 2 bridgehead atoms. The first kappa shape index (κ1) is 24.4. The molecule has 36 heavy (non-hydrogen) atoms. The molecule has 0 saturated carbocycles. The molecule has 0 aliphatic carbocycles. The maximum atomic E-state index is 13.6. The molecule has 1 aromatic carbocycles. The van der Waals surface area contributed by atoms with Crippen LogP contribution in [0.2, 0.25) is 0 Å². The summed E-state index contributed by atoms with van der Waals surface area (Å²) in [4.78, 5) is 40.2. The van der Waals surface area contributed by atoms with Gasteiger partial charge in [-0.1, -0.05) is 25.0 Å². The van der Waals surface area contributed by atoms with Crippen LogP contribution in [0.4, 0.5) is 0 Å². The lowest BCUT2D eigenvalue weighted by Crippen LogP contribution is -2.55. The van der Waals surface area contributed by atoms with E-state index in [2.05, 4.69) is 37.6 Å². The molecule has 3 aliphatic rings. The third-order valence-electron chi connectivity index (χ3n) is 8.02. The summed E-state index contributed by atoms with van der Waals surface area (Å²) in [6, 6.07) is 10.00. The minimum Gasteiger partial charge on any atom is -0.359 e. The number of pyridine rings is 1. The molecule has 3 fully saturated rings. The molecule has 1 unspecified atom stereocenters. The Balaban J connectivity index is 1.31. The van der Waals surface area contributed by atoms with E-state index in [0.29, 0.717) is 6.42 Å². The van der Waals surface area contributed by atoms with E-state index in [1.807, 2.05) is 24.4 Å². The molecule has 6 rings (SSSR count). The number of rotatable bonds is 10. The summed E-state index contributed by atoms with van der Waals surface area (Å²) in [6.07, 6.45) is 10.5. The van der Waals surface area contributed by atoms with E-state index in [1.54, 1.807) is 13.2 Å². The van der Waals surface area contributed by atoms with Crippen LogP contribution in [0.25, 0.3) is 22.2 Å². The molecule has 190 valence electrons. The number of aromatic nitrogens is 3. The second-order valence-electron chi connectivity index (χ2n) is 10.3. The van der Waals surface area contributed by atoms with Crippen molar-refractivity contribution in [3.63, 3.8) is 0 Å². The number of carbonyl (C=O) groups is 2. The summed E-state index contributed by atoms with van der Waals surface area (Å²) in [6.45, 7) is 3.04. The normalized spacial score (nSPS) is 21.9. The van der Waals surface area contributed by atoms with E-state index in [1.165, 1.54) is 0 Å². The minimum atomic E-state index is -0.243. The van der Waals surface area contributed by atoms with Crippen molar-refractivity contribution in [2.24, 2.45) is 5.41 Å². The Morgan fingerprint density at radius 3 is 2.67 bits per heavy atom. The Morgan fingerprint density at radius 2 is 1.89 bits per heavy atom. The summed E-state index contributed by atoms with van der Waals surface area (Å²) < 4.78 is 0. The van der Waals surface area contributed by atoms with Crippen molar-refractivity contribution in [3.8, 4) is 11.3 Å². The standard InChI is InChI=1S/C28H36N6O2/c1-29-25(35)8-4-2-3-7-23(33-27(36)28-11-15-34(16-12-28)17-13-28)26-31-19-24(32-26)21-9-10-22-20(18-21)6-5-14-30-22/h5-6,9-10,14,18-19,23H,2-4,7-8,11-13,15-17H2,1H3,(H,29,35)(H,31,32)(H,33,36). The lowest BCUT2D eigenvalue weighted by Gasteiger charge is -2.47. The average Bonchev–Trinajstić information content (AvgIpc) is 3.43. The van der Waals surface area contributed by atoms with Gasteiger partial charge in [-0.3, -0.25) is 14.6 Å². The maximum Gasteiger partial charge on any atom is 0.226 e. The Bertz CT molecular complexity index is 1200. The molecule has 0 spiro atoms. The number of H-pyrrole nitrogens is 1. The van der Waals surface area contributed by atoms with Gasteiger partial charge in [-0.25, -0.2) is 4.98 Å². The van der Waals surface area contributed by atoms with Crippen LogP contribution in [0.3, 0.4) is 0 Å². The van der Waals surface area contributed by atoms with Gasteiger partial charge in [-0.15, -0.1) is 0 Å². The number of carbonyl (C=O) groups excluding carboxylic acids is 2. The maximum absolute atomic E-state index is 13.6. The topological polar surface area (TPSA) is 103 Å². The highest BCUT2D eigenvalue weighted by atomic mass is 16.2. The van der Waals surface area contributed by atoms with Crippen molar-refractivity contribution in [3.05, 3.63) is 48.5 Å². The predicted octanol–water partition coefficient (Wildman–Crippen LogP) is 3.96. The van der Waals surface area contributed by atoms with Crippen LogP contribution in [0, 0.1) is 5.41 Å². The van der Waals surface area contributed by atoms with E-state index in [9.17, 15) is 9.59 Å². The summed E-state index contributed by atoms with van der Waals surface area (Å²) in [5.74, 6) is 1.04. The number of amides is 2. The second-order valence-corrected chi connectivity index (χ2v) is 10.3. The fraction of sp³-hybridized carbons (Fsp3) is 0.500. The molecule has 5 heterocycles. The van der Waals surface area contributed by atoms with E-state index in [-0.39, 0.29) is 23.3 Å². The molecule has 8 nitrogen and oxygen atoms in total. The Kier molecular flexibility index (Phi) is 7.32. The van der Waals surface area contributed by atoms with Gasteiger partial charge < -0.3 is 20.5 Å². The van der Waals surface area contributed by atoms with Crippen LogP contribution < -0.4 is 10.6 Å². The van der Waals surface area contributed by atoms with Gasteiger partial charge in [0.05, 0.1) is 28.9 Å². The SMILES string of the molecule is CNC(=O)CCCCCC(NC(=O)C12CCN(CC1)CC2)c1ncc(-c2ccc3ncccc3c2)[nH]1.